The lowest BCUT2D eigenvalue weighted by atomic mass is 10.6. The Morgan fingerprint density at radius 1 is 1.50 bits per heavy atom. The summed E-state index contributed by atoms with van der Waals surface area (Å²) in [6, 6.07) is 1.65. The summed E-state index contributed by atoms with van der Waals surface area (Å²) in [4.78, 5) is -0.222. The van der Waals surface area contributed by atoms with Gasteiger partial charge in [-0.05, 0) is 0 Å². The highest BCUT2D eigenvalue weighted by Crippen LogP contribution is 2.07. The third kappa shape index (κ3) is 1.68. The monoisotopic (exact) mass is 187 g/mol. The normalized spacial score (nSPS) is 16.2. The van der Waals surface area contributed by atoms with Crippen molar-refractivity contribution < 1.29 is 8.42 Å². The van der Waals surface area contributed by atoms with E-state index in [0.717, 1.165) is 6.26 Å². The Morgan fingerprint density at radius 2 is 2.00 bits per heavy atom. The third-order valence-electron chi connectivity index (χ3n) is 1.43. The predicted octanol–water partition coefficient (Wildman–Crippen LogP) is -1.08. The fourth-order valence-electron chi connectivity index (χ4n) is 0.922. The van der Waals surface area contributed by atoms with Crippen LogP contribution in [-0.4, -0.2) is 27.8 Å². The van der Waals surface area contributed by atoms with Gasteiger partial charge in [0, 0.05) is 19.3 Å². The van der Waals surface area contributed by atoms with Crippen molar-refractivity contribution >= 4 is 9.84 Å². The fourth-order valence-corrected chi connectivity index (χ4v) is 1.60. The number of nitriles is 1. The van der Waals surface area contributed by atoms with Gasteiger partial charge in [0.25, 0.3) is 0 Å². The Morgan fingerprint density at radius 3 is 2.33 bits per heavy atom. The van der Waals surface area contributed by atoms with Crippen molar-refractivity contribution in [3.05, 3.63) is 10.7 Å². The summed E-state index contributed by atoms with van der Waals surface area (Å²) < 4.78 is 22.0. The average Bonchev–Trinajstić information content (AvgIpc) is 2.38. The first-order chi connectivity index (χ1) is 5.55. The second-order valence-electron chi connectivity index (χ2n) is 2.44. The van der Waals surface area contributed by atoms with Gasteiger partial charge in [0.1, 0.15) is 11.9 Å². The summed E-state index contributed by atoms with van der Waals surface area (Å²) in [5, 5.41) is 14.1. The third-order valence-corrected chi connectivity index (χ3v) is 2.46. The molecule has 0 aliphatic carbocycles. The molecule has 1 aliphatic heterocycles. The zero-order valence-corrected chi connectivity index (χ0v) is 7.40. The molecular weight excluding hydrogens is 178 g/mol. The highest BCUT2D eigenvalue weighted by Gasteiger charge is 2.19. The molecule has 1 heterocycles. The molecule has 6 heteroatoms. The molecule has 1 fully saturated rings. The number of rotatable bonds is 1. The van der Waals surface area contributed by atoms with Crippen molar-refractivity contribution in [1.82, 2.24) is 10.6 Å². The average molecular weight is 187 g/mol. The number of nitrogens with zero attached hydrogens (tertiary/aromatic N) is 1. The summed E-state index contributed by atoms with van der Waals surface area (Å²) in [6.07, 6.45) is 1.01. The van der Waals surface area contributed by atoms with Crippen LogP contribution in [0.15, 0.2) is 10.7 Å². The van der Waals surface area contributed by atoms with E-state index in [2.05, 4.69) is 10.6 Å². The lowest BCUT2D eigenvalue weighted by Gasteiger charge is -2.01. The van der Waals surface area contributed by atoms with Crippen LogP contribution in [0.1, 0.15) is 0 Å². The molecular formula is C6H9N3O2S. The van der Waals surface area contributed by atoms with Crippen LogP contribution in [0.25, 0.3) is 0 Å². The number of sulfone groups is 1. The summed E-state index contributed by atoms with van der Waals surface area (Å²) in [7, 11) is -3.40. The van der Waals surface area contributed by atoms with E-state index in [4.69, 9.17) is 5.26 Å². The van der Waals surface area contributed by atoms with E-state index < -0.39 is 9.84 Å². The van der Waals surface area contributed by atoms with Gasteiger partial charge < -0.3 is 10.6 Å². The van der Waals surface area contributed by atoms with E-state index in [9.17, 15) is 8.42 Å². The molecule has 0 amide bonds. The molecule has 0 spiro atoms. The molecule has 1 rings (SSSR count). The zero-order chi connectivity index (χ0) is 9.19. The predicted molar refractivity (Wildman–Crippen MR) is 43.5 cm³/mol. The maximum atomic E-state index is 11.0. The van der Waals surface area contributed by atoms with Gasteiger partial charge >= 0.3 is 0 Å². The highest BCUT2D eigenvalue weighted by atomic mass is 32.2. The van der Waals surface area contributed by atoms with E-state index in [0.29, 0.717) is 18.9 Å². The van der Waals surface area contributed by atoms with E-state index in [1.807, 2.05) is 0 Å². The molecule has 0 bridgehead atoms. The second kappa shape index (κ2) is 3.03. The summed E-state index contributed by atoms with van der Waals surface area (Å²) in [6.45, 7) is 1.30. The first-order valence-electron chi connectivity index (χ1n) is 3.38. The second-order valence-corrected chi connectivity index (χ2v) is 4.39. The van der Waals surface area contributed by atoms with Gasteiger partial charge in [-0.15, -0.1) is 0 Å². The molecule has 1 saturated heterocycles. The van der Waals surface area contributed by atoms with Crippen molar-refractivity contribution in [2.45, 2.75) is 0 Å². The zero-order valence-electron chi connectivity index (χ0n) is 6.59. The van der Waals surface area contributed by atoms with Crippen LogP contribution in [-0.2, 0) is 9.84 Å². The number of nitrogens with one attached hydrogen (secondary N) is 2. The van der Waals surface area contributed by atoms with Crippen molar-refractivity contribution in [3.8, 4) is 6.07 Å². The van der Waals surface area contributed by atoms with Crippen LogP contribution in [0.2, 0.25) is 0 Å². The first-order valence-corrected chi connectivity index (χ1v) is 5.27. The molecule has 66 valence electrons. The first kappa shape index (κ1) is 8.87. The van der Waals surface area contributed by atoms with Gasteiger partial charge in [-0.3, -0.25) is 0 Å². The van der Waals surface area contributed by atoms with E-state index >= 15 is 0 Å². The molecule has 1 aliphatic rings. The van der Waals surface area contributed by atoms with Gasteiger partial charge in [-0.2, -0.15) is 5.26 Å². The molecule has 0 atom stereocenters. The van der Waals surface area contributed by atoms with E-state index in [-0.39, 0.29) is 4.91 Å². The number of hydrogen-bond acceptors (Lipinski definition) is 5. The van der Waals surface area contributed by atoms with Crippen LogP contribution in [0, 0.1) is 11.3 Å². The standard InChI is InChI=1S/C6H9N3O2S/c1-12(10,11)5(4-7)6-8-2-3-9-6/h8-9H,2-3H2,1H3. The Hall–Kier alpha value is -1.22. The van der Waals surface area contributed by atoms with Gasteiger partial charge in [0.15, 0.2) is 14.7 Å². The maximum Gasteiger partial charge on any atom is 0.189 e. The SMILES string of the molecule is CS(=O)(=O)C(C#N)=C1NCCN1. The van der Waals surface area contributed by atoms with E-state index in [1.165, 1.54) is 0 Å². The largest absolute Gasteiger partial charge is 0.368 e. The number of allylic oxidation sites excluding steroid dienone is 1. The Kier molecular flexibility index (Phi) is 2.24. The molecule has 0 aromatic heterocycles. The number of hydrogen-bond donors (Lipinski definition) is 2. The lowest BCUT2D eigenvalue weighted by molar-refractivity contribution is 0.607. The minimum absolute atomic E-state index is 0.222. The molecule has 0 unspecified atom stereocenters. The molecule has 2 N–H and O–H groups in total. The fraction of sp³-hybridized carbons (Fsp3) is 0.500. The van der Waals surface area contributed by atoms with Crippen LogP contribution in [0.3, 0.4) is 0 Å². The maximum absolute atomic E-state index is 11.0. The van der Waals surface area contributed by atoms with Gasteiger partial charge in [0.2, 0.25) is 0 Å². The molecule has 0 saturated carbocycles. The minimum atomic E-state index is -3.40. The molecule has 5 nitrogen and oxygen atoms in total. The van der Waals surface area contributed by atoms with Gasteiger partial charge in [-0.25, -0.2) is 8.42 Å². The molecule has 0 aromatic rings. The topological polar surface area (TPSA) is 82.0 Å². The minimum Gasteiger partial charge on any atom is -0.368 e. The molecule has 0 aromatic carbocycles. The summed E-state index contributed by atoms with van der Waals surface area (Å²) in [5.41, 5.74) is 0. The summed E-state index contributed by atoms with van der Waals surface area (Å²) >= 11 is 0. The highest BCUT2D eigenvalue weighted by molar-refractivity contribution is 7.94. The van der Waals surface area contributed by atoms with Crippen molar-refractivity contribution in [2.24, 2.45) is 0 Å². The van der Waals surface area contributed by atoms with Gasteiger partial charge in [-0.1, -0.05) is 0 Å². The van der Waals surface area contributed by atoms with Crippen molar-refractivity contribution in [1.29, 1.82) is 5.26 Å². The molecule has 12 heavy (non-hydrogen) atoms. The Balaban J connectivity index is 3.13. The van der Waals surface area contributed by atoms with Crippen LogP contribution < -0.4 is 10.6 Å². The quantitative estimate of drug-likeness (QED) is 0.510. The smallest absolute Gasteiger partial charge is 0.189 e. The van der Waals surface area contributed by atoms with E-state index in [1.54, 1.807) is 6.07 Å². The summed E-state index contributed by atoms with van der Waals surface area (Å²) in [5.74, 6) is 0.319. The van der Waals surface area contributed by atoms with Gasteiger partial charge in [0.05, 0.1) is 0 Å². The lowest BCUT2D eigenvalue weighted by Crippen LogP contribution is -2.17. The Bertz CT molecular complexity index is 341. The van der Waals surface area contributed by atoms with Crippen LogP contribution in [0.4, 0.5) is 0 Å². The Labute approximate surface area is 71.0 Å². The molecule has 0 radical (unpaired) electrons. The van der Waals surface area contributed by atoms with Crippen LogP contribution in [0.5, 0.6) is 0 Å². The van der Waals surface area contributed by atoms with Crippen LogP contribution >= 0.6 is 0 Å². The van der Waals surface area contributed by atoms with Crippen molar-refractivity contribution in [2.75, 3.05) is 19.3 Å². The van der Waals surface area contributed by atoms with Crippen molar-refractivity contribution in [3.63, 3.8) is 0 Å².